The average molecular weight is 442 g/mol. The molecular formula is C23H24ClN3O4. The molecule has 31 heavy (non-hydrogen) atoms. The summed E-state index contributed by atoms with van der Waals surface area (Å²) in [5.74, 6) is 0.915. The van der Waals surface area contributed by atoms with Gasteiger partial charge in [0.15, 0.2) is 5.69 Å². The van der Waals surface area contributed by atoms with Gasteiger partial charge in [-0.2, -0.15) is 5.10 Å². The maximum absolute atomic E-state index is 12.9. The van der Waals surface area contributed by atoms with Crippen LogP contribution in [-0.4, -0.2) is 28.9 Å². The molecule has 0 unspecified atom stereocenters. The zero-order valence-corrected chi connectivity index (χ0v) is 18.2. The Morgan fingerprint density at radius 1 is 1.16 bits per heavy atom. The van der Waals surface area contributed by atoms with Crippen LogP contribution in [0.5, 0.6) is 11.5 Å². The predicted octanol–water partition coefficient (Wildman–Crippen LogP) is 4.86. The number of rotatable bonds is 7. The molecule has 1 aromatic heterocycles. The minimum atomic E-state index is -0.320. The number of nitrogens with zero attached hydrogens (tertiary/aromatic N) is 2. The van der Waals surface area contributed by atoms with E-state index >= 15 is 0 Å². The van der Waals surface area contributed by atoms with Crippen LogP contribution in [0, 0.1) is 0 Å². The molecule has 0 radical (unpaired) electrons. The van der Waals surface area contributed by atoms with E-state index in [4.69, 9.17) is 25.8 Å². The Bertz CT molecular complexity index is 1070. The fourth-order valence-corrected chi connectivity index (χ4v) is 3.57. The van der Waals surface area contributed by atoms with E-state index in [9.17, 15) is 4.79 Å². The summed E-state index contributed by atoms with van der Waals surface area (Å²) in [5, 5.41) is 8.07. The van der Waals surface area contributed by atoms with Crippen LogP contribution in [0.4, 0.5) is 5.69 Å². The summed E-state index contributed by atoms with van der Waals surface area (Å²) < 4.78 is 19.0. The molecule has 1 N–H and O–H groups in total. The highest BCUT2D eigenvalue weighted by atomic mass is 35.5. The number of carbonyl (C=O) groups is 1. The number of amides is 1. The first kappa shape index (κ1) is 21.2. The van der Waals surface area contributed by atoms with Crippen LogP contribution in [0.1, 0.15) is 41.7 Å². The molecule has 0 fully saturated rings. The number of aromatic nitrogens is 2. The Kier molecular flexibility index (Phi) is 6.44. The molecule has 8 heteroatoms. The highest BCUT2D eigenvalue weighted by molar-refractivity contribution is 6.30. The monoisotopic (exact) mass is 441 g/mol. The molecule has 0 saturated heterocycles. The molecule has 0 saturated carbocycles. The quantitative estimate of drug-likeness (QED) is 0.566. The van der Waals surface area contributed by atoms with Gasteiger partial charge < -0.3 is 19.5 Å². The molecule has 1 atom stereocenters. The van der Waals surface area contributed by atoms with Crippen molar-refractivity contribution in [1.82, 2.24) is 9.78 Å². The summed E-state index contributed by atoms with van der Waals surface area (Å²) >= 11 is 5.97. The second-order valence-electron chi connectivity index (χ2n) is 7.03. The third-order valence-corrected chi connectivity index (χ3v) is 5.17. The minimum Gasteiger partial charge on any atom is -0.494 e. The Labute approximate surface area is 185 Å². The summed E-state index contributed by atoms with van der Waals surface area (Å²) in [6, 6.07) is 14.7. The highest BCUT2D eigenvalue weighted by Crippen LogP contribution is 2.31. The van der Waals surface area contributed by atoms with Crippen molar-refractivity contribution in [1.29, 1.82) is 0 Å². The lowest BCUT2D eigenvalue weighted by atomic mass is 10.1. The lowest BCUT2D eigenvalue weighted by molar-refractivity contribution is -0.00118. The van der Waals surface area contributed by atoms with E-state index in [0.29, 0.717) is 54.3 Å². The molecule has 2 aromatic carbocycles. The molecule has 4 rings (SSSR count). The zero-order chi connectivity index (χ0) is 21.8. The standard InChI is InChI=1S/C23H24ClN3O4/c1-3-29-18-9-10-21(30-4-2)19(12-18)25-23(28)20-11-17-14-31-22(13-27(17)26-20)15-5-7-16(24)8-6-15/h5-12,22H,3-4,13-14H2,1-2H3,(H,25,28)/t22-/m1/s1. The Morgan fingerprint density at radius 3 is 2.68 bits per heavy atom. The predicted molar refractivity (Wildman–Crippen MR) is 118 cm³/mol. The van der Waals surface area contributed by atoms with E-state index in [1.165, 1.54) is 0 Å². The highest BCUT2D eigenvalue weighted by Gasteiger charge is 2.24. The largest absolute Gasteiger partial charge is 0.494 e. The van der Waals surface area contributed by atoms with Crippen molar-refractivity contribution >= 4 is 23.2 Å². The van der Waals surface area contributed by atoms with Gasteiger partial charge in [-0.15, -0.1) is 0 Å². The van der Waals surface area contributed by atoms with Gasteiger partial charge in [0.1, 0.15) is 17.6 Å². The van der Waals surface area contributed by atoms with Crippen molar-refractivity contribution in [2.75, 3.05) is 18.5 Å². The van der Waals surface area contributed by atoms with Crippen LogP contribution in [0.3, 0.4) is 0 Å². The molecule has 0 bridgehead atoms. The summed E-state index contributed by atoms with van der Waals surface area (Å²) in [5.41, 5.74) is 2.73. The zero-order valence-electron chi connectivity index (χ0n) is 17.4. The Hall–Kier alpha value is -3.03. The average Bonchev–Trinajstić information content (AvgIpc) is 3.20. The molecule has 162 valence electrons. The number of anilines is 1. The van der Waals surface area contributed by atoms with E-state index < -0.39 is 0 Å². The summed E-state index contributed by atoms with van der Waals surface area (Å²) in [6.45, 7) is 5.71. The third-order valence-electron chi connectivity index (χ3n) is 4.92. The molecule has 1 aliphatic heterocycles. The maximum atomic E-state index is 12.9. The van der Waals surface area contributed by atoms with Crippen molar-refractivity contribution in [3.63, 3.8) is 0 Å². The van der Waals surface area contributed by atoms with Crippen LogP contribution in [0.15, 0.2) is 48.5 Å². The summed E-state index contributed by atoms with van der Waals surface area (Å²) in [6.07, 6.45) is -0.145. The fraction of sp³-hybridized carbons (Fsp3) is 0.304. The van der Waals surface area contributed by atoms with Crippen molar-refractivity contribution in [2.24, 2.45) is 0 Å². The number of ether oxygens (including phenoxy) is 3. The summed E-state index contributed by atoms with van der Waals surface area (Å²) in [7, 11) is 0. The Morgan fingerprint density at radius 2 is 1.94 bits per heavy atom. The first-order chi connectivity index (χ1) is 15.1. The van der Waals surface area contributed by atoms with Gasteiger partial charge in [0.2, 0.25) is 0 Å². The third kappa shape index (κ3) is 4.84. The number of carbonyl (C=O) groups excluding carboxylic acids is 1. The normalized spacial score (nSPS) is 15.3. The van der Waals surface area contributed by atoms with Gasteiger partial charge >= 0.3 is 0 Å². The van der Waals surface area contributed by atoms with Gasteiger partial charge in [0, 0.05) is 11.1 Å². The van der Waals surface area contributed by atoms with Crippen LogP contribution < -0.4 is 14.8 Å². The van der Waals surface area contributed by atoms with E-state index in [-0.39, 0.29) is 12.0 Å². The van der Waals surface area contributed by atoms with Gasteiger partial charge in [-0.25, -0.2) is 0 Å². The lowest BCUT2D eigenvalue weighted by Gasteiger charge is -2.24. The molecule has 1 amide bonds. The molecule has 7 nitrogen and oxygen atoms in total. The maximum Gasteiger partial charge on any atom is 0.276 e. The van der Waals surface area contributed by atoms with E-state index in [1.54, 1.807) is 18.2 Å². The minimum absolute atomic E-state index is 0.145. The number of nitrogens with one attached hydrogen (secondary N) is 1. The first-order valence-corrected chi connectivity index (χ1v) is 10.6. The van der Waals surface area contributed by atoms with Gasteiger partial charge in [-0.1, -0.05) is 23.7 Å². The van der Waals surface area contributed by atoms with Crippen LogP contribution in [0.2, 0.25) is 5.02 Å². The molecule has 0 spiro atoms. The van der Waals surface area contributed by atoms with Gasteiger partial charge in [0.25, 0.3) is 5.91 Å². The van der Waals surface area contributed by atoms with Gasteiger partial charge in [-0.3, -0.25) is 9.48 Å². The van der Waals surface area contributed by atoms with Crippen molar-refractivity contribution < 1.29 is 19.0 Å². The van der Waals surface area contributed by atoms with Crippen molar-refractivity contribution in [3.05, 3.63) is 70.5 Å². The second kappa shape index (κ2) is 9.41. The lowest BCUT2D eigenvalue weighted by Crippen LogP contribution is -2.22. The van der Waals surface area contributed by atoms with Gasteiger partial charge in [-0.05, 0) is 49.7 Å². The van der Waals surface area contributed by atoms with Gasteiger partial charge in [0.05, 0.1) is 37.7 Å². The first-order valence-electron chi connectivity index (χ1n) is 10.2. The molecule has 2 heterocycles. The summed E-state index contributed by atoms with van der Waals surface area (Å²) in [4.78, 5) is 12.9. The number of halogens is 1. The molecule has 0 aliphatic carbocycles. The number of fused-ring (bicyclic) bond motifs is 1. The SMILES string of the molecule is CCOc1ccc(OCC)c(NC(=O)c2cc3n(n2)C[C@H](c2ccc(Cl)cc2)OC3)c1. The van der Waals surface area contributed by atoms with Crippen LogP contribution >= 0.6 is 11.6 Å². The molecule has 3 aromatic rings. The second-order valence-corrected chi connectivity index (χ2v) is 7.47. The smallest absolute Gasteiger partial charge is 0.276 e. The van der Waals surface area contributed by atoms with E-state index in [1.807, 2.05) is 48.9 Å². The number of benzene rings is 2. The topological polar surface area (TPSA) is 74.6 Å². The van der Waals surface area contributed by atoms with Crippen molar-refractivity contribution in [2.45, 2.75) is 33.1 Å². The number of hydrogen-bond donors (Lipinski definition) is 1. The van der Waals surface area contributed by atoms with Crippen LogP contribution in [0.25, 0.3) is 0 Å². The van der Waals surface area contributed by atoms with E-state index in [2.05, 4.69) is 10.4 Å². The fourth-order valence-electron chi connectivity index (χ4n) is 3.45. The van der Waals surface area contributed by atoms with E-state index in [0.717, 1.165) is 11.3 Å². The van der Waals surface area contributed by atoms with Crippen LogP contribution in [-0.2, 0) is 17.9 Å². The Balaban J connectivity index is 1.51. The van der Waals surface area contributed by atoms with Crippen molar-refractivity contribution in [3.8, 4) is 11.5 Å². The molecular weight excluding hydrogens is 418 g/mol. The number of hydrogen-bond acceptors (Lipinski definition) is 5. The molecule has 1 aliphatic rings.